The molecule has 1 N–H and O–H groups in total. The third-order valence-corrected chi connectivity index (χ3v) is 3.41. The summed E-state index contributed by atoms with van der Waals surface area (Å²) in [5.74, 6) is -2.21. The highest BCUT2D eigenvalue weighted by atomic mass is 19.3. The van der Waals surface area contributed by atoms with E-state index in [2.05, 4.69) is 5.32 Å². The number of nitrogens with one attached hydrogen (secondary N) is 1. The molecule has 1 aromatic rings. The molecule has 0 bridgehead atoms. The molecule has 1 heterocycles. The molecule has 6 heteroatoms. The summed E-state index contributed by atoms with van der Waals surface area (Å²) < 4.78 is 53.9. The van der Waals surface area contributed by atoms with E-state index in [0.717, 1.165) is 0 Å². The maximum atomic E-state index is 13.9. The Morgan fingerprint density at radius 2 is 1.74 bits per heavy atom. The number of alkyl halides is 2. The summed E-state index contributed by atoms with van der Waals surface area (Å²) >= 11 is 0. The standard InChI is InChI=1S/C13H16F4N2/c1-8-2-3-9(11(15)10(8)14)12(13(16)17)19-6-4-18-5-7-19/h2-3,12-13,18H,4-7H2,1H3/t12-/m1/s1. The first kappa shape index (κ1) is 14.3. The van der Waals surface area contributed by atoms with Crippen molar-refractivity contribution in [3.05, 3.63) is 34.9 Å². The minimum atomic E-state index is -2.75. The van der Waals surface area contributed by atoms with Crippen molar-refractivity contribution in [2.75, 3.05) is 26.2 Å². The molecule has 1 atom stereocenters. The van der Waals surface area contributed by atoms with E-state index in [1.165, 1.54) is 24.0 Å². The molecule has 0 aliphatic carbocycles. The molecule has 0 aromatic heterocycles. The number of rotatable bonds is 3. The van der Waals surface area contributed by atoms with Crippen molar-refractivity contribution in [2.24, 2.45) is 0 Å². The van der Waals surface area contributed by atoms with Gasteiger partial charge in [-0.05, 0) is 12.5 Å². The molecule has 19 heavy (non-hydrogen) atoms. The predicted molar refractivity (Wildman–Crippen MR) is 64.3 cm³/mol. The summed E-state index contributed by atoms with van der Waals surface area (Å²) in [6, 6.07) is 1.20. The maximum Gasteiger partial charge on any atom is 0.258 e. The van der Waals surface area contributed by atoms with Crippen molar-refractivity contribution in [2.45, 2.75) is 19.4 Å². The van der Waals surface area contributed by atoms with Crippen LogP contribution >= 0.6 is 0 Å². The van der Waals surface area contributed by atoms with Crippen molar-refractivity contribution in [3.63, 3.8) is 0 Å². The summed E-state index contributed by atoms with van der Waals surface area (Å²) in [6.07, 6.45) is -2.75. The van der Waals surface area contributed by atoms with Crippen molar-refractivity contribution < 1.29 is 17.6 Å². The largest absolute Gasteiger partial charge is 0.314 e. The molecule has 1 aliphatic rings. The second-order valence-corrected chi connectivity index (χ2v) is 4.66. The van der Waals surface area contributed by atoms with Crippen LogP contribution in [0.3, 0.4) is 0 Å². The van der Waals surface area contributed by atoms with Gasteiger partial charge in [0.1, 0.15) is 0 Å². The second-order valence-electron chi connectivity index (χ2n) is 4.66. The zero-order chi connectivity index (χ0) is 14.0. The fourth-order valence-electron chi connectivity index (χ4n) is 2.34. The molecule has 1 fully saturated rings. The Bertz CT molecular complexity index is 445. The topological polar surface area (TPSA) is 15.3 Å². The van der Waals surface area contributed by atoms with Gasteiger partial charge in [0.05, 0.1) is 6.04 Å². The van der Waals surface area contributed by atoms with E-state index in [9.17, 15) is 17.6 Å². The molecule has 2 rings (SSSR count). The Morgan fingerprint density at radius 3 is 2.32 bits per heavy atom. The molecule has 0 amide bonds. The van der Waals surface area contributed by atoms with Gasteiger partial charge in [-0.2, -0.15) is 0 Å². The lowest BCUT2D eigenvalue weighted by atomic mass is 10.0. The predicted octanol–water partition coefficient (Wildman–Crippen LogP) is 2.48. The van der Waals surface area contributed by atoms with Crippen LogP contribution in [0.15, 0.2) is 12.1 Å². The highest BCUT2D eigenvalue weighted by molar-refractivity contribution is 5.28. The average Bonchev–Trinajstić information content (AvgIpc) is 2.40. The minimum Gasteiger partial charge on any atom is -0.314 e. The van der Waals surface area contributed by atoms with Crippen LogP contribution in [0.4, 0.5) is 17.6 Å². The summed E-state index contributed by atoms with van der Waals surface area (Å²) in [5, 5.41) is 3.04. The van der Waals surface area contributed by atoms with Gasteiger partial charge in [0.15, 0.2) is 11.6 Å². The van der Waals surface area contributed by atoms with Gasteiger partial charge in [-0.3, -0.25) is 4.90 Å². The molecule has 1 aromatic carbocycles. The van der Waals surface area contributed by atoms with Gasteiger partial charge in [-0.1, -0.05) is 12.1 Å². The first-order valence-electron chi connectivity index (χ1n) is 6.19. The van der Waals surface area contributed by atoms with Gasteiger partial charge in [-0.15, -0.1) is 0 Å². The van der Waals surface area contributed by atoms with E-state index in [-0.39, 0.29) is 11.1 Å². The van der Waals surface area contributed by atoms with E-state index in [1.807, 2.05) is 0 Å². The summed E-state index contributed by atoms with van der Waals surface area (Å²) in [4.78, 5) is 1.49. The highest BCUT2D eigenvalue weighted by Gasteiger charge is 2.33. The SMILES string of the molecule is Cc1ccc([C@H](C(F)F)N2CCNCC2)c(F)c1F. The van der Waals surface area contributed by atoms with E-state index in [1.54, 1.807) is 0 Å². The first-order valence-corrected chi connectivity index (χ1v) is 6.19. The summed E-state index contributed by atoms with van der Waals surface area (Å²) in [6.45, 7) is 3.33. The normalized spacial score (nSPS) is 18.8. The van der Waals surface area contributed by atoms with E-state index >= 15 is 0 Å². The third kappa shape index (κ3) is 2.90. The fraction of sp³-hybridized carbons (Fsp3) is 0.538. The molecule has 1 saturated heterocycles. The number of hydrogen-bond donors (Lipinski definition) is 1. The number of piperazine rings is 1. The molecular weight excluding hydrogens is 260 g/mol. The van der Waals surface area contributed by atoms with Crippen molar-refractivity contribution in [1.29, 1.82) is 0 Å². The van der Waals surface area contributed by atoms with Gasteiger partial charge < -0.3 is 5.32 Å². The first-order chi connectivity index (χ1) is 9.02. The van der Waals surface area contributed by atoms with Gasteiger partial charge in [-0.25, -0.2) is 17.6 Å². The zero-order valence-corrected chi connectivity index (χ0v) is 10.6. The summed E-state index contributed by atoms with van der Waals surface area (Å²) in [7, 11) is 0. The van der Waals surface area contributed by atoms with E-state index < -0.39 is 24.1 Å². The Hall–Kier alpha value is -1.14. The molecule has 0 spiro atoms. The lowest BCUT2D eigenvalue weighted by Gasteiger charge is -2.34. The van der Waals surface area contributed by atoms with Crippen LogP contribution in [0.2, 0.25) is 0 Å². The maximum absolute atomic E-state index is 13.9. The second kappa shape index (κ2) is 5.88. The minimum absolute atomic E-state index is 0.120. The van der Waals surface area contributed by atoms with Crippen molar-refractivity contribution in [3.8, 4) is 0 Å². The number of halogens is 4. The fourth-order valence-corrected chi connectivity index (χ4v) is 2.34. The van der Waals surface area contributed by atoms with Crippen LogP contribution in [-0.4, -0.2) is 37.5 Å². The van der Waals surface area contributed by atoms with Crippen LogP contribution in [0.5, 0.6) is 0 Å². The van der Waals surface area contributed by atoms with Crippen LogP contribution in [0, 0.1) is 18.6 Å². The molecule has 1 aliphatic heterocycles. The molecule has 2 nitrogen and oxygen atoms in total. The van der Waals surface area contributed by atoms with Crippen LogP contribution in [0.1, 0.15) is 17.2 Å². The molecule has 106 valence electrons. The number of aryl methyl sites for hydroxylation is 1. The van der Waals surface area contributed by atoms with E-state index in [0.29, 0.717) is 26.2 Å². The number of benzene rings is 1. The highest BCUT2D eigenvalue weighted by Crippen LogP contribution is 2.31. The number of hydrogen-bond acceptors (Lipinski definition) is 2. The van der Waals surface area contributed by atoms with Gasteiger partial charge in [0.2, 0.25) is 0 Å². The van der Waals surface area contributed by atoms with Crippen LogP contribution in [-0.2, 0) is 0 Å². The monoisotopic (exact) mass is 276 g/mol. The van der Waals surface area contributed by atoms with Crippen molar-refractivity contribution >= 4 is 0 Å². The number of nitrogens with zero attached hydrogens (tertiary/aromatic N) is 1. The van der Waals surface area contributed by atoms with Gasteiger partial charge in [0.25, 0.3) is 6.43 Å². The molecule has 0 saturated carbocycles. The zero-order valence-electron chi connectivity index (χ0n) is 10.6. The van der Waals surface area contributed by atoms with Crippen LogP contribution in [0.25, 0.3) is 0 Å². The third-order valence-electron chi connectivity index (χ3n) is 3.41. The Balaban J connectivity index is 2.36. The molecule has 0 unspecified atom stereocenters. The van der Waals surface area contributed by atoms with Crippen LogP contribution < -0.4 is 5.32 Å². The lowest BCUT2D eigenvalue weighted by molar-refractivity contribution is 0.0161. The summed E-state index contributed by atoms with van der Waals surface area (Å²) in [5.41, 5.74) is -0.144. The Labute approximate surface area is 109 Å². The van der Waals surface area contributed by atoms with Gasteiger partial charge >= 0.3 is 0 Å². The smallest absolute Gasteiger partial charge is 0.258 e. The molecule has 0 radical (unpaired) electrons. The Kier molecular flexibility index (Phi) is 4.42. The Morgan fingerprint density at radius 1 is 1.11 bits per heavy atom. The molecular formula is C13H16F4N2. The lowest BCUT2D eigenvalue weighted by Crippen LogP contribution is -2.47. The van der Waals surface area contributed by atoms with Crippen molar-refractivity contribution in [1.82, 2.24) is 10.2 Å². The average molecular weight is 276 g/mol. The quantitative estimate of drug-likeness (QED) is 0.853. The van der Waals surface area contributed by atoms with E-state index in [4.69, 9.17) is 0 Å². The van der Waals surface area contributed by atoms with Gasteiger partial charge in [0, 0.05) is 31.7 Å².